The number of methoxy groups -OCH3 is 1. The van der Waals surface area contributed by atoms with Crippen molar-refractivity contribution in [3.05, 3.63) is 56.1 Å². The molecule has 0 bridgehead atoms. The number of carbonyl (C=O) groups is 2. The summed E-state index contributed by atoms with van der Waals surface area (Å²) in [7, 11) is 1.47. The Bertz CT molecular complexity index is 839. The Morgan fingerprint density at radius 3 is 2.68 bits per heavy atom. The number of hydrogen-bond donors (Lipinski definition) is 1. The first kappa shape index (κ1) is 19.2. The number of halogens is 2. The van der Waals surface area contributed by atoms with Crippen molar-refractivity contribution in [2.45, 2.75) is 6.92 Å². The minimum absolute atomic E-state index is 0.343. The SMILES string of the molecule is COc1cc(/C=N\NC(=O)c2cccc(Cl)c2)cc(I)c1OC(C)=O. The molecule has 25 heavy (non-hydrogen) atoms. The third-order valence-corrected chi connectivity index (χ3v) is 4.00. The van der Waals surface area contributed by atoms with Crippen LogP contribution in [-0.4, -0.2) is 25.2 Å². The van der Waals surface area contributed by atoms with Crippen molar-refractivity contribution >= 4 is 52.3 Å². The Morgan fingerprint density at radius 2 is 2.04 bits per heavy atom. The smallest absolute Gasteiger partial charge is 0.308 e. The molecule has 0 aromatic heterocycles. The van der Waals surface area contributed by atoms with Gasteiger partial charge in [0.2, 0.25) is 0 Å². The van der Waals surface area contributed by atoms with E-state index in [0.29, 0.717) is 31.2 Å². The summed E-state index contributed by atoms with van der Waals surface area (Å²) in [6, 6.07) is 9.94. The van der Waals surface area contributed by atoms with E-state index < -0.39 is 5.97 Å². The van der Waals surface area contributed by atoms with Gasteiger partial charge in [0, 0.05) is 17.5 Å². The van der Waals surface area contributed by atoms with Gasteiger partial charge < -0.3 is 9.47 Å². The molecule has 2 aromatic carbocycles. The van der Waals surface area contributed by atoms with E-state index in [1.165, 1.54) is 20.2 Å². The highest BCUT2D eigenvalue weighted by Gasteiger charge is 2.13. The Kier molecular flexibility index (Phi) is 6.77. The third-order valence-electron chi connectivity index (χ3n) is 2.96. The molecule has 0 aliphatic carbocycles. The number of nitrogens with one attached hydrogen (secondary N) is 1. The number of ether oxygens (including phenoxy) is 2. The van der Waals surface area contributed by atoms with Crippen molar-refractivity contribution < 1.29 is 19.1 Å². The van der Waals surface area contributed by atoms with E-state index in [1.807, 2.05) is 22.6 Å². The fourth-order valence-corrected chi connectivity index (χ4v) is 2.84. The minimum Gasteiger partial charge on any atom is -0.493 e. The van der Waals surface area contributed by atoms with Gasteiger partial charge in [0.15, 0.2) is 11.5 Å². The lowest BCUT2D eigenvalue weighted by atomic mass is 10.2. The number of hydrazone groups is 1. The van der Waals surface area contributed by atoms with Gasteiger partial charge in [-0.05, 0) is 58.5 Å². The number of esters is 1. The van der Waals surface area contributed by atoms with Gasteiger partial charge in [-0.3, -0.25) is 9.59 Å². The molecule has 0 heterocycles. The minimum atomic E-state index is -0.439. The largest absolute Gasteiger partial charge is 0.493 e. The molecule has 0 saturated carbocycles. The second-order valence-corrected chi connectivity index (χ2v) is 6.44. The van der Waals surface area contributed by atoms with Crippen molar-refractivity contribution in [2.24, 2.45) is 5.10 Å². The summed E-state index contributed by atoms with van der Waals surface area (Å²) in [4.78, 5) is 23.1. The second-order valence-electron chi connectivity index (χ2n) is 4.84. The highest BCUT2D eigenvalue weighted by molar-refractivity contribution is 14.1. The van der Waals surface area contributed by atoms with Gasteiger partial charge in [0.05, 0.1) is 16.9 Å². The summed E-state index contributed by atoms with van der Waals surface area (Å²) in [5, 5.41) is 4.39. The molecule has 2 aromatic rings. The summed E-state index contributed by atoms with van der Waals surface area (Å²) < 4.78 is 11.0. The highest BCUT2D eigenvalue weighted by Crippen LogP contribution is 2.33. The quantitative estimate of drug-likeness (QED) is 0.237. The molecule has 0 spiro atoms. The summed E-state index contributed by atoms with van der Waals surface area (Å²) in [6.45, 7) is 1.32. The average molecular weight is 473 g/mol. The normalized spacial score (nSPS) is 10.6. The van der Waals surface area contributed by atoms with Crippen LogP contribution in [0.3, 0.4) is 0 Å². The molecule has 0 aliphatic heterocycles. The molecule has 0 radical (unpaired) electrons. The van der Waals surface area contributed by atoms with Crippen LogP contribution < -0.4 is 14.9 Å². The molecule has 0 saturated heterocycles. The van der Waals surface area contributed by atoms with E-state index >= 15 is 0 Å². The maximum absolute atomic E-state index is 12.0. The van der Waals surface area contributed by atoms with Crippen LogP contribution in [0.2, 0.25) is 5.02 Å². The molecule has 1 amide bonds. The molecule has 8 heteroatoms. The van der Waals surface area contributed by atoms with Crippen molar-refractivity contribution in [3.8, 4) is 11.5 Å². The Labute approximate surface area is 163 Å². The zero-order chi connectivity index (χ0) is 18.4. The number of hydrogen-bond acceptors (Lipinski definition) is 5. The van der Waals surface area contributed by atoms with E-state index in [1.54, 1.807) is 36.4 Å². The van der Waals surface area contributed by atoms with Crippen molar-refractivity contribution in [1.82, 2.24) is 5.43 Å². The number of benzene rings is 2. The van der Waals surface area contributed by atoms with Crippen LogP contribution >= 0.6 is 34.2 Å². The first-order valence-corrected chi connectivity index (χ1v) is 8.51. The lowest BCUT2D eigenvalue weighted by Crippen LogP contribution is -2.17. The van der Waals surface area contributed by atoms with Crippen molar-refractivity contribution in [1.29, 1.82) is 0 Å². The van der Waals surface area contributed by atoms with Gasteiger partial charge in [-0.25, -0.2) is 5.43 Å². The van der Waals surface area contributed by atoms with Crippen LogP contribution in [0.15, 0.2) is 41.5 Å². The maximum Gasteiger partial charge on any atom is 0.308 e. The Balaban J connectivity index is 2.14. The van der Waals surface area contributed by atoms with E-state index in [-0.39, 0.29) is 5.91 Å². The summed E-state index contributed by atoms with van der Waals surface area (Å²) in [5.74, 6) is -0.0798. The Morgan fingerprint density at radius 1 is 1.28 bits per heavy atom. The molecule has 1 N–H and O–H groups in total. The molecular weight excluding hydrogens is 459 g/mol. The monoisotopic (exact) mass is 472 g/mol. The van der Waals surface area contributed by atoms with Crippen molar-refractivity contribution in [3.63, 3.8) is 0 Å². The molecule has 0 fully saturated rings. The molecule has 0 atom stereocenters. The number of nitrogens with zero attached hydrogens (tertiary/aromatic N) is 1. The van der Waals surface area contributed by atoms with Gasteiger partial charge in [0.1, 0.15) is 0 Å². The lowest BCUT2D eigenvalue weighted by Gasteiger charge is -2.10. The van der Waals surface area contributed by atoms with Crippen LogP contribution in [0, 0.1) is 3.57 Å². The van der Waals surface area contributed by atoms with Crippen LogP contribution in [-0.2, 0) is 4.79 Å². The summed E-state index contributed by atoms with van der Waals surface area (Å²) >= 11 is 7.88. The van der Waals surface area contributed by atoms with Gasteiger partial charge in [0.25, 0.3) is 5.91 Å². The van der Waals surface area contributed by atoms with Crippen LogP contribution in [0.1, 0.15) is 22.8 Å². The van der Waals surface area contributed by atoms with E-state index in [2.05, 4.69) is 10.5 Å². The topological polar surface area (TPSA) is 77.0 Å². The second kappa shape index (κ2) is 8.82. The fraction of sp³-hybridized carbons (Fsp3) is 0.118. The summed E-state index contributed by atoms with van der Waals surface area (Å²) in [6.07, 6.45) is 1.46. The van der Waals surface area contributed by atoms with E-state index in [0.717, 1.165) is 0 Å². The maximum atomic E-state index is 12.0. The fourth-order valence-electron chi connectivity index (χ4n) is 1.92. The number of amides is 1. The first-order valence-electron chi connectivity index (χ1n) is 7.05. The predicted molar refractivity (Wildman–Crippen MR) is 104 cm³/mol. The van der Waals surface area contributed by atoms with E-state index in [4.69, 9.17) is 21.1 Å². The van der Waals surface area contributed by atoms with Gasteiger partial charge in [-0.1, -0.05) is 17.7 Å². The van der Waals surface area contributed by atoms with Gasteiger partial charge >= 0.3 is 5.97 Å². The summed E-state index contributed by atoms with van der Waals surface area (Å²) in [5.41, 5.74) is 3.50. The molecule has 6 nitrogen and oxygen atoms in total. The predicted octanol–water partition coefficient (Wildman–Crippen LogP) is 3.64. The van der Waals surface area contributed by atoms with Crippen LogP contribution in [0.4, 0.5) is 0 Å². The third kappa shape index (κ3) is 5.43. The van der Waals surface area contributed by atoms with Crippen LogP contribution in [0.5, 0.6) is 11.5 Å². The van der Waals surface area contributed by atoms with Gasteiger partial charge in [-0.2, -0.15) is 5.10 Å². The van der Waals surface area contributed by atoms with Crippen LogP contribution in [0.25, 0.3) is 0 Å². The highest BCUT2D eigenvalue weighted by atomic mass is 127. The van der Waals surface area contributed by atoms with Gasteiger partial charge in [-0.15, -0.1) is 0 Å². The number of carbonyl (C=O) groups excluding carboxylic acids is 2. The number of rotatable bonds is 5. The molecule has 2 rings (SSSR count). The molecular formula is C17H14ClIN2O4. The average Bonchev–Trinajstić information content (AvgIpc) is 2.56. The molecule has 0 aliphatic rings. The molecule has 130 valence electrons. The van der Waals surface area contributed by atoms with Crippen molar-refractivity contribution in [2.75, 3.05) is 7.11 Å². The Hall–Kier alpha value is -2.13. The molecule has 0 unspecified atom stereocenters. The first-order chi connectivity index (χ1) is 11.9. The lowest BCUT2D eigenvalue weighted by molar-refractivity contribution is -0.132. The van der Waals surface area contributed by atoms with E-state index in [9.17, 15) is 9.59 Å². The zero-order valence-electron chi connectivity index (χ0n) is 13.4. The standard InChI is InChI=1S/C17H14ClIN2O4/c1-10(22)25-16-14(19)6-11(7-15(16)24-2)9-20-21-17(23)12-4-3-5-13(18)8-12/h3-9H,1-2H3,(H,21,23)/b20-9-. The zero-order valence-corrected chi connectivity index (χ0v) is 16.3.